The summed E-state index contributed by atoms with van der Waals surface area (Å²) in [6, 6.07) is 12.2. The van der Waals surface area contributed by atoms with Gasteiger partial charge in [-0.3, -0.25) is 24.9 Å². The van der Waals surface area contributed by atoms with Gasteiger partial charge < -0.3 is 19.9 Å². The third-order valence-electron chi connectivity index (χ3n) is 7.52. The normalized spacial score (nSPS) is 16.5. The van der Waals surface area contributed by atoms with Crippen LogP contribution in [-0.4, -0.2) is 65.4 Å². The monoisotopic (exact) mass is 514 g/mol. The second-order valence-electron chi connectivity index (χ2n) is 9.81. The molecule has 1 aromatic heterocycles. The number of hydrogen-bond donors (Lipinski definition) is 3. The van der Waals surface area contributed by atoms with Crippen LogP contribution in [0.5, 0.6) is 5.75 Å². The molecule has 38 heavy (non-hydrogen) atoms. The molecule has 3 heterocycles. The molecule has 0 atom stereocenters. The van der Waals surface area contributed by atoms with Gasteiger partial charge in [0, 0.05) is 59.8 Å². The molecule has 3 amide bonds. The number of aromatic amines is 1. The van der Waals surface area contributed by atoms with E-state index in [1.165, 1.54) is 6.92 Å². The maximum absolute atomic E-state index is 13.6. The fraction of sp³-hybridized carbons (Fsp3) is 0.321. The number of benzene rings is 2. The van der Waals surface area contributed by atoms with E-state index in [1.807, 2.05) is 23.1 Å². The largest absolute Gasteiger partial charge is 0.496 e. The van der Waals surface area contributed by atoms with E-state index < -0.39 is 5.41 Å². The Hall–Kier alpha value is -4.47. The van der Waals surface area contributed by atoms with Crippen LogP contribution in [0.1, 0.15) is 46.9 Å². The first-order valence-electron chi connectivity index (χ1n) is 12.6. The number of amides is 3. The molecule has 2 fully saturated rings. The van der Waals surface area contributed by atoms with E-state index in [9.17, 15) is 14.4 Å². The van der Waals surface area contributed by atoms with Gasteiger partial charge in [0.25, 0.3) is 11.8 Å². The molecule has 1 spiro atoms. The lowest BCUT2D eigenvalue weighted by Crippen LogP contribution is -2.46. The van der Waals surface area contributed by atoms with Crippen LogP contribution < -0.4 is 15.0 Å². The molecule has 10 nitrogen and oxygen atoms in total. The highest BCUT2D eigenvalue weighted by molar-refractivity contribution is 6.05. The Kier molecular flexibility index (Phi) is 6.71. The third-order valence-corrected chi connectivity index (χ3v) is 7.52. The molecule has 2 aliphatic rings. The van der Waals surface area contributed by atoms with Crippen molar-refractivity contribution in [3.63, 3.8) is 0 Å². The molecule has 2 aliphatic heterocycles. The smallest absolute Gasteiger partial charge is 0.256 e. The summed E-state index contributed by atoms with van der Waals surface area (Å²) < 4.78 is 5.61. The first kappa shape index (κ1) is 25.2. The molecule has 10 heteroatoms. The van der Waals surface area contributed by atoms with Gasteiger partial charge >= 0.3 is 0 Å². The van der Waals surface area contributed by atoms with Crippen molar-refractivity contribution in [3.05, 3.63) is 66.0 Å². The molecule has 196 valence electrons. The number of hydrogen-bond acceptors (Lipinski definition) is 6. The Balaban J connectivity index is 1.24. The first-order valence-corrected chi connectivity index (χ1v) is 12.6. The zero-order valence-corrected chi connectivity index (χ0v) is 21.4. The highest BCUT2D eigenvalue weighted by Gasteiger charge is 2.49. The summed E-state index contributed by atoms with van der Waals surface area (Å²) in [5.41, 5.74) is 3.02. The Morgan fingerprint density at radius 1 is 1.05 bits per heavy atom. The molecule has 0 radical (unpaired) electrons. The van der Waals surface area contributed by atoms with Crippen molar-refractivity contribution < 1.29 is 19.1 Å². The van der Waals surface area contributed by atoms with Gasteiger partial charge in [0.2, 0.25) is 5.91 Å². The van der Waals surface area contributed by atoms with E-state index in [2.05, 4.69) is 15.5 Å². The predicted octanol–water partition coefficient (Wildman–Crippen LogP) is 3.47. The van der Waals surface area contributed by atoms with Gasteiger partial charge in [0.15, 0.2) is 0 Å². The minimum Gasteiger partial charge on any atom is -0.496 e. The first-order chi connectivity index (χ1) is 18.3. The molecule has 0 bridgehead atoms. The van der Waals surface area contributed by atoms with Gasteiger partial charge in [-0.25, -0.2) is 0 Å². The zero-order chi connectivity index (χ0) is 26.9. The van der Waals surface area contributed by atoms with Crippen molar-refractivity contribution in [3.8, 4) is 16.9 Å². The van der Waals surface area contributed by atoms with Crippen LogP contribution in [0.4, 0.5) is 5.69 Å². The molecule has 0 unspecified atom stereocenters. The Morgan fingerprint density at radius 3 is 2.37 bits per heavy atom. The van der Waals surface area contributed by atoms with Gasteiger partial charge in [-0.05, 0) is 62.6 Å². The van der Waals surface area contributed by atoms with E-state index in [-0.39, 0.29) is 23.6 Å². The Bertz CT molecular complexity index is 1370. The SMILES string of the molecule is COc1cc(N2CCC3(CCN(C(=O)c4ccc(C(=O)NC(C)=N)cc4)CC3)C2=O)ccc1-c1cn[nH]c1. The lowest BCUT2D eigenvalue weighted by Gasteiger charge is -2.38. The number of methoxy groups -OCH3 is 1. The molecular formula is C28H30N6O4. The number of carbonyl (C=O) groups is 3. The molecule has 0 saturated carbocycles. The summed E-state index contributed by atoms with van der Waals surface area (Å²) in [6.07, 6.45) is 5.49. The topological polar surface area (TPSA) is 131 Å². The van der Waals surface area contributed by atoms with Crippen LogP contribution in [0.25, 0.3) is 11.1 Å². The molecule has 3 N–H and O–H groups in total. The van der Waals surface area contributed by atoms with Crippen LogP contribution in [0.2, 0.25) is 0 Å². The van der Waals surface area contributed by atoms with Crippen LogP contribution in [0.3, 0.4) is 0 Å². The number of piperidine rings is 1. The quantitative estimate of drug-likeness (QED) is 0.354. The molecule has 2 saturated heterocycles. The van der Waals surface area contributed by atoms with E-state index in [1.54, 1.807) is 48.7 Å². The number of nitrogens with one attached hydrogen (secondary N) is 3. The zero-order valence-electron chi connectivity index (χ0n) is 21.4. The van der Waals surface area contributed by atoms with Crippen LogP contribution in [0, 0.1) is 10.8 Å². The summed E-state index contributed by atoms with van der Waals surface area (Å²) in [7, 11) is 1.61. The van der Waals surface area contributed by atoms with Gasteiger partial charge in [-0.15, -0.1) is 0 Å². The summed E-state index contributed by atoms with van der Waals surface area (Å²) in [6.45, 7) is 3.11. The highest BCUT2D eigenvalue weighted by Crippen LogP contribution is 2.44. The standard InChI is InChI=1S/C28H30N6O4/c1-18(29)32-25(35)19-3-5-20(6-4-19)26(36)33-12-9-28(10-13-33)11-14-34(27(28)37)22-7-8-23(24(15-22)38-2)21-16-30-31-17-21/h3-8,15-17H,9-14H2,1-2H3,(H,30,31)(H2,29,32,35). The number of anilines is 1. The average molecular weight is 515 g/mol. The fourth-order valence-corrected chi connectivity index (χ4v) is 5.34. The second-order valence-corrected chi connectivity index (χ2v) is 9.81. The van der Waals surface area contributed by atoms with Gasteiger partial charge in [0.05, 0.1) is 24.6 Å². The number of carbonyl (C=O) groups excluding carboxylic acids is 3. The molecule has 0 aliphatic carbocycles. The lowest BCUT2D eigenvalue weighted by atomic mass is 9.77. The van der Waals surface area contributed by atoms with Crippen LogP contribution in [0.15, 0.2) is 54.9 Å². The minimum absolute atomic E-state index is 0.0582. The Labute approximate surface area is 220 Å². The molecule has 5 rings (SSSR count). The second kappa shape index (κ2) is 10.1. The summed E-state index contributed by atoms with van der Waals surface area (Å²) in [5.74, 6) is 0.336. The van der Waals surface area contributed by atoms with E-state index in [0.29, 0.717) is 49.4 Å². The highest BCUT2D eigenvalue weighted by atomic mass is 16.5. The van der Waals surface area contributed by atoms with Crippen LogP contribution >= 0.6 is 0 Å². The maximum Gasteiger partial charge on any atom is 0.256 e. The van der Waals surface area contributed by atoms with Crippen molar-refractivity contribution >= 4 is 29.2 Å². The summed E-state index contributed by atoms with van der Waals surface area (Å²) in [4.78, 5) is 42.4. The number of rotatable bonds is 5. The lowest BCUT2D eigenvalue weighted by molar-refractivity contribution is -0.127. The van der Waals surface area contributed by atoms with E-state index >= 15 is 0 Å². The fourth-order valence-electron chi connectivity index (χ4n) is 5.34. The Morgan fingerprint density at radius 2 is 1.74 bits per heavy atom. The number of aromatic nitrogens is 2. The molecule has 2 aromatic carbocycles. The maximum atomic E-state index is 13.6. The average Bonchev–Trinajstić information content (AvgIpc) is 3.57. The minimum atomic E-state index is -0.472. The molecule has 3 aromatic rings. The van der Waals surface area contributed by atoms with Gasteiger partial charge in [-0.2, -0.15) is 5.10 Å². The number of H-pyrrole nitrogens is 1. The summed E-state index contributed by atoms with van der Waals surface area (Å²) in [5, 5.41) is 16.6. The van der Waals surface area contributed by atoms with Gasteiger partial charge in [-0.1, -0.05) is 0 Å². The summed E-state index contributed by atoms with van der Waals surface area (Å²) >= 11 is 0. The van der Waals surface area contributed by atoms with E-state index in [0.717, 1.165) is 23.2 Å². The van der Waals surface area contributed by atoms with Crippen molar-refractivity contribution in [2.75, 3.05) is 31.6 Å². The van der Waals surface area contributed by atoms with Crippen molar-refractivity contribution in [2.24, 2.45) is 5.41 Å². The van der Waals surface area contributed by atoms with Crippen molar-refractivity contribution in [2.45, 2.75) is 26.2 Å². The van der Waals surface area contributed by atoms with Crippen molar-refractivity contribution in [1.29, 1.82) is 5.41 Å². The number of amidine groups is 1. The number of likely N-dealkylation sites (tertiary alicyclic amines) is 1. The van der Waals surface area contributed by atoms with E-state index in [4.69, 9.17) is 10.1 Å². The number of ether oxygens (including phenoxy) is 1. The molecular weight excluding hydrogens is 484 g/mol. The predicted molar refractivity (Wildman–Crippen MR) is 142 cm³/mol. The van der Waals surface area contributed by atoms with Crippen molar-refractivity contribution in [1.82, 2.24) is 20.4 Å². The number of nitrogens with zero attached hydrogens (tertiary/aromatic N) is 3. The van der Waals surface area contributed by atoms with Gasteiger partial charge in [0.1, 0.15) is 5.75 Å². The third kappa shape index (κ3) is 4.65. The van der Waals surface area contributed by atoms with Crippen LogP contribution in [-0.2, 0) is 4.79 Å².